The smallest absolute Gasteiger partial charge is 0.251 e. The van der Waals surface area contributed by atoms with Crippen molar-refractivity contribution < 1.29 is 9.59 Å². The number of nitrogens with one attached hydrogen (secondary N) is 2. The van der Waals surface area contributed by atoms with Crippen LogP contribution in [-0.2, 0) is 11.3 Å². The number of nitrogens with zero attached hydrogens (tertiary/aromatic N) is 3. The van der Waals surface area contributed by atoms with Crippen LogP contribution in [-0.4, -0.2) is 26.6 Å². The zero-order chi connectivity index (χ0) is 19.8. The van der Waals surface area contributed by atoms with Crippen molar-refractivity contribution in [1.29, 1.82) is 0 Å². The third-order valence-corrected chi connectivity index (χ3v) is 4.35. The molecule has 1 heterocycles. The standard InChI is InChI=1S/C21H23N5O2/c1-2-20(27)24-18-10-6-9-17(13-18)21(28)25-19(16-7-4-3-5-8-16)11-12-26-15-22-14-23-26/h3-10,13-15,19H,2,11-12H2,1H3,(H,24,27)(H,25,28). The minimum absolute atomic E-state index is 0.0902. The first kappa shape index (κ1) is 19.3. The van der Waals surface area contributed by atoms with Gasteiger partial charge in [-0.15, -0.1) is 0 Å². The molecule has 3 rings (SSSR count). The summed E-state index contributed by atoms with van der Waals surface area (Å²) in [6.07, 6.45) is 4.20. The van der Waals surface area contributed by atoms with Crippen LogP contribution < -0.4 is 10.6 Å². The Hall–Kier alpha value is -3.48. The van der Waals surface area contributed by atoms with Gasteiger partial charge in [0.15, 0.2) is 0 Å². The van der Waals surface area contributed by atoms with E-state index in [1.54, 1.807) is 42.2 Å². The topological polar surface area (TPSA) is 88.9 Å². The molecule has 0 aliphatic carbocycles. The van der Waals surface area contributed by atoms with E-state index < -0.39 is 0 Å². The lowest BCUT2D eigenvalue weighted by molar-refractivity contribution is -0.115. The van der Waals surface area contributed by atoms with E-state index in [2.05, 4.69) is 20.7 Å². The molecule has 3 aromatic rings. The van der Waals surface area contributed by atoms with Crippen molar-refractivity contribution in [2.45, 2.75) is 32.4 Å². The van der Waals surface area contributed by atoms with Gasteiger partial charge in [0.1, 0.15) is 12.7 Å². The van der Waals surface area contributed by atoms with Crippen molar-refractivity contribution in [3.8, 4) is 0 Å². The molecule has 0 bridgehead atoms. The maximum atomic E-state index is 12.8. The van der Waals surface area contributed by atoms with Gasteiger partial charge in [0.25, 0.3) is 5.91 Å². The molecule has 0 fully saturated rings. The predicted octanol–water partition coefficient (Wildman–Crippen LogP) is 3.19. The number of aromatic nitrogens is 3. The monoisotopic (exact) mass is 377 g/mol. The van der Waals surface area contributed by atoms with E-state index in [4.69, 9.17) is 0 Å². The Balaban J connectivity index is 1.73. The molecular formula is C21H23N5O2. The minimum atomic E-state index is -0.194. The summed E-state index contributed by atoms with van der Waals surface area (Å²) in [7, 11) is 0. The molecule has 2 aromatic carbocycles. The highest BCUT2D eigenvalue weighted by atomic mass is 16.2. The minimum Gasteiger partial charge on any atom is -0.345 e. The molecule has 1 atom stereocenters. The number of carbonyl (C=O) groups is 2. The molecule has 0 radical (unpaired) electrons. The quantitative estimate of drug-likeness (QED) is 0.631. The van der Waals surface area contributed by atoms with E-state index in [0.29, 0.717) is 30.6 Å². The van der Waals surface area contributed by atoms with Gasteiger partial charge in [-0.05, 0) is 30.2 Å². The fourth-order valence-corrected chi connectivity index (χ4v) is 2.85. The molecule has 0 aliphatic heterocycles. The van der Waals surface area contributed by atoms with Gasteiger partial charge in [-0.3, -0.25) is 14.3 Å². The lowest BCUT2D eigenvalue weighted by Crippen LogP contribution is -2.29. The van der Waals surface area contributed by atoms with Crippen LogP contribution in [0.15, 0.2) is 67.3 Å². The summed E-state index contributed by atoms with van der Waals surface area (Å²) >= 11 is 0. The van der Waals surface area contributed by atoms with Gasteiger partial charge in [0.2, 0.25) is 5.91 Å². The van der Waals surface area contributed by atoms with Crippen LogP contribution in [0.1, 0.15) is 41.7 Å². The van der Waals surface area contributed by atoms with Crippen molar-refractivity contribution in [2.75, 3.05) is 5.32 Å². The van der Waals surface area contributed by atoms with E-state index in [1.807, 2.05) is 30.3 Å². The van der Waals surface area contributed by atoms with E-state index in [0.717, 1.165) is 5.56 Å². The first-order valence-corrected chi connectivity index (χ1v) is 9.24. The van der Waals surface area contributed by atoms with Gasteiger partial charge in [-0.2, -0.15) is 5.10 Å². The maximum Gasteiger partial charge on any atom is 0.251 e. The fraction of sp³-hybridized carbons (Fsp3) is 0.238. The molecule has 2 N–H and O–H groups in total. The third-order valence-electron chi connectivity index (χ3n) is 4.35. The van der Waals surface area contributed by atoms with Crippen molar-refractivity contribution >= 4 is 17.5 Å². The van der Waals surface area contributed by atoms with E-state index in [1.165, 1.54) is 6.33 Å². The fourth-order valence-electron chi connectivity index (χ4n) is 2.85. The number of hydrogen-bond donors (Lipinski definition) is 2. The van der Waals surface area contributed by atoms with Gasteiger partial charge in [-0.25, -0.2) is 4.98 Å². The van der Waals surface area contributed by atoms with Gasteiger partial charge < -0.3 is 10.6 Å². The molecular weight excluding hydrogens is 354 g/mol. The molecule has 2 amide bonds. The molecule has 1 aromatic heterocycles. The molecule has 0 spiro atoms. The summed E-state index contributed by atoms with van der Waals surface area (Å²) in [5, 5.41) is 9.99. The number of anilines is 1. The van der Waals surface area contributed by atoms with Gasteiger partial charge in [-0.1, -0.05) is 43.3 Å². The lowest BCUT2D eigenvalue weighted by Gasteiger charge is -2.19. The van der Waals surface area contributed by atoms with Crippen LogP contribution in [0, 0.1) is 0 Å². The SMILES string of the molecule is CCC(=O)Nc1cccc(C(=O)NC(CCn2cncn2)c2ccccc2)c1. The number of benzene rings is 2. The molecule has 144 valence electrons. The second kappa shape index (κ2) is 9.45. The van der Waals surface area contributed by atoms with E-state index in [9.17, 15) is 9.59 Å². The highest BCUT2D eigenvalue weighted by Gasteiger charge is 2.16. The van der Waals surface area contributed by atoms with Gasteiger partial charge in [0, 0.05) is 24.2 Å². The summed E-state index contributed by atoms with van der Waals surface area (Å²) in [4.78, 5) is 28.4. The van der Waals surface area contributed by atoms with Crippen LogP contribution in [0.25, 0.3) is 0 Å². The van der Waals surface area contributed by atoms with Crippen LogP contribution in [0.4, 0.5) is 5.69 Å². The van der Waals surface area contributed by atoms with Crippen molar-refractivity contribution in [3.63, 3.8) is 0 Å². The van der Waals surface area contributed by atoms with Gasteiger partial charge in [0.05, 0.1) is 6.04 Å². The number of aryl methyl sites for hydroxylation is 1. The van der Waals surface area contributed by atoms with Crippen LogP contribution in [0.2, 0.25) is 0 Å². The predicted molar refractivity (Wildman–Crippen MR) is 107 cm³/mol. The Morgan fingerprint density at radius 3 is 2.64 bits per heavy atom. The number of amides is 2. The number of rotatable bonds is 8. The first-order valence-electron chi connectivity index (χ1n) is 9.24. The second-order valence-electron chi connectivity index (χ2n) is 6.37. The van der Waals surface area contributed by atoms with E-state index in [-0.39, 0.29) is 17.9 Å². The Morgan fingerprint density at radius 2 is 1.93 bits per heavy atom. The molecule has 28 heavy (non-hydrogen) atoms. The Labute approximate surface area is 163 Å². The summed E-state index contributed by atoms with van der Waals surface area (Å²) in [5.41, 5.74) is 2.13. The Bertz CT molecular complexity index is 910. The molecule has 1 unspecified atom stereocenters. The highest BCUT2D eigenvalue weighted by Crippen LogP contribution is 2.19. The number of hydrogen-bond acceptors (Lipinski definition) is 4. The maximum absolute atomic E-state index is 12.8. The Kier molecular flexibility index (Phi) is 6.51. The largest absolute Gasteiger partial charge is 0.345 e. The van der Waals surface area contributed by atoms with Crippen LogP contribution in [0.3, 0.4) is 0 Å². The molecule has 0 saturated heterocycles. The van der Waals surface area contributed by atoms with Crippen molar-refractivity contribution in [2.24, 2.45) is 0 Å². The average Bonchev–Trinajstić information content (AvgIpc) is 3.25. The number of carbonyl (C=O) groups excluding carboxylic acids is 2. The molecule has 0 saturated carbocycles. The second-order valence-corrected chi connectivity index (χ2v) is 6.37. The van der Waals surface area contributed by atoms with E-state index >= 15 is 0 Å². The van der Waals surface area contributed by atoms with Gasteiger partial charge >= 0.3 is 0 Å². The Morgan fingerprint density at radius 1 is 1.11 bits per heavy atom. The molecule has 0 aliphatic rings. The normalized spacial score (nSPS) is 11.6. The zero-order valence-corrected chi connectivity index (χ0v) is 15.7. The summed E-state index contributed by atoms with van der Waals surface area (Å²) < 4.78 is 1.74. The molecule has 7 nitrogen and oxygen atoms in total. The van der Waals surface area contributed by atoms with Crippen LogP contribution in [0.5, 0.6) is 0 Å². The average molecular weight is 377 g/mol. The molecule has 7 heteroatoms. The van der Waals surface area contributed by atoms with Crippen LogP contribution >= 0.6 is 0 Å². The lowest BCUT2D eigenvalue weighted by atomic mass is 10.0. The van der Waals surface area contributed by atoms with Crippen molar-refractivity contribution in [1.82, 2.24) is 20.1 Å². The summed E-state index contributed by atoms with van der Waals surface area (Å²) in [6, 6.07) is 16.6. The summed E-state index contributed by atoms with van der Waals surface area (Å²) in [5.74, 6) is -0.285. The zero-order valence-electron chi connectivity index (χ0n) is 15.7. The first-order chi connectivity index (χ1) is 13.7. The summed E-state index contributed by atoms with van der Waals surface area (Å²) in [6.45, 7) is 2.41. The third kappa shape index (κ3) is 5.26. The van der Waals surface area contributed by atoms with Crippen molar-refractivity contribution in [3.05, 3.63) is 78.4 Å². The highest BCUT2D eigenvalue weighted by molar-refractivity contribution is 5.97.